The Kier molecular flexibility index (Phi) is 6.37. The van der Waals surface area contributed by atoms with E-state index in [1.165, 1.54) is 21.3 Å². The van der Waals surface area contributed by atoms with Gasteiger partial charge in [-0.1, -0.05) is 18.2 Å². The number of rotatable bonds is 6. The summed E-state index contributed by atoms with van der Waals surface area (Å²) in [6.07, 6.45) is 1.72. The fraction of sp³-hybridized carbons (Fsp3) is 0.308. The number of nitriles is 1. The molecule has 1 atom stereocenters. The van der Waals surface area contributed by atoms with Gasteiger partial charge in [0.2, 0.25) is 5.75 Å². The molecule has 0 radical (unpaired) electrons. The van der Waals surface area contributed by atoms with E-state index in [2.05, 4.69) is 6.07 Å². The molecule has 34 heavy (non-hydrogen) atoms. The number of benzene rings is 2. The predicted molar refractivity (Wildman–Crippen MR) is 127 cm³/mol. The van der Waals surface area contributed by atoms with Gasteiger partial charge >= 0.3 is 0 Å². The maximum atomic E-state index is 13.3. The van der Waals surface area contributed by atoms with Crippen LogP contribution >= 0.6 is 0 Å². The van der Waals surface area contributed by atoms with Gasteiger partial charge in [-0.05, 0) is 18.9 Å². The molecule has 176 valence electrons. The van der Waals surface area contributed by atoms with Crippen molar-refractivity contribution in [2.45, 2.75) is 25.2 Å². The van der Waals surface area contributed by atoms with Gasteiger partial charge in [0, 0.05) is 35.4 Å². The summed E-state index contributed by atoms with van der Waals surface area (Å²) in [7, 11) is 6.16. The summed E-state index contributed by atoms with van der Waals surface area (Å²) in [6, 6.07) is 13.2. The molecular formula is C26H27N3O5. The van der Waals surface area contributed by atoms with Crippen LogP contribution in [0.25, 0.3) is 0 Å². The molecule has 2 aromatic carbocycles. The molecule has 1 unspecified atom stereocenters. The van der Waals surface area contributed by atoms with Crippen LogP contribution in [0.3, 0.4) is 0 Å². The summed E-state index contributed by atoms with van der Waals surface area (Å²) in [5.74, 6) is 1.56. The lowest BCUT2D eigenvalue weighted by molar-refractivity contribution is -0.116. The Morgan fingerprint density at radius 1 is 0.971 bits per heavy atom. The molecule has 0 fully saturated rings. The van der Waals surface area contributed by atoms with Crippen molar-refractivity contribution in [3.05, 3.63) is 64.6 Å². The van der Waals surface area contributed by atoms with Crippen LogP contribution in [0.4, 0.5) is 5.69 Å². The highest BCUT2D eigenvalue weighted by atomic mass is 16.5. The van der Waals surface area contributed by atoms with E-state index in [0.717, 1.165) is 11.3 Å². The van der Waals surface area contributed by atoms with E-state index in [0.29, 0.717) is 53.5 Å². The SMILES string of the molecule is COc1ccccc1C1C(C#N)=C(N)N(c2cc(OC)c(OC)c(OC)c2)C2=C1C(=O)CCC2. The number of ether oxygens (including phenoxy) is 4. The summed E-state index contributed by atoms with van der Waals surface area (Å²) >= 11 is 0. The molecule has 0 aromatic heterocycles. The highest BCUT2D eigenvalue weighted by Gasteiger charge is 2.41. The first kappa shape index (κ1) is 23.1. The van der Waals surface area contributed by atoms with Crippen LogP contribution < -0.4 is 29.6 Å². The number of nitrogens with zero attached hydrogens (tertiary/aromatic N) is 2. The smallest absolute Gasteiger partial charge is 0.203 e. The normalized spacial score (nSPS) is 17.8. The minimum Gasteiger partial charge on any atom is -0.496 e. The lowest BCUT2D eigenvalue weighted by atomic mass is 9.75. The lowest BCUT2D eigenvalue weighted by Gasteiger charge is -2.40. The fourth-order valence-corrected chi connectivity index (χ4v) is 4.79. The van der Waals surface area contributed by atoms with E-state index in [1.807, 2.05) is 24.3 Å². The van der Waals surface area contributed by atoms with Crippen molar-refractivity contribution in [3.63, 3.8) is 0 Å². The van der Waals surface area contributed by atoms with Gasteiger partial charge in [0.25, 0.3) is 0 Å². The van der Waals surface area contributed by atoms with Crippen molar-refractivity contribution in [1.29, 1.82) is 5.26 Å². The number of ketones is 1. The monoisotopic (exact) mass is 461 g/mol. The molecule has 8 heteroatoms. The van der Waals surface area contributed by atoms with E-state index in [1.54, 1.807) is 24.1 Å². The molecule has 2 aliphatic rings. The first-order valence-electron chi connectivity index (χ1n) is 10.9. The average Bonchev–Trinajstić information content (AvgIpc) is 2.87. The minimum atomic E-state index is -0.609. The summed E-state index contributed by atoms with van der Waals surface area (Å²) < 4.78 is 22.1. The molecule has 0 spiro atoms. The van der Waals surface area contributed by atoms with Crippen LogP contribution in [-0.2, 0) is 4.79 Å². The molecular weight excluding hydrogens is 434 g/mol. The van der Waals surface area contributed by atoms with Gasteiger partial charge in [0.05, 0.1) is 51.7 Å². The molecule has 1 aliphatic heterocycles. The second kappa shape index (κ2) is 9.40. The third-order valence-corrected chi connectivity index (χ3v) is 6.27. The number of para-hydroxylation sites is 1. The number of hydrogen-bond donors (Lipinski definition) is 1. The largest absolute Gasteiger partial charge is 0.496 e. The Morgan fingerprint density at radius 3 is 2.21 bits per heavy atom. The third-order valence-electron chi connectivity index (χ3n) is 6.27. The van der Waals surface area contributed by atoms with Crippen LogP contribution in [0, 0.1) is 11.3 Å². The van der Waals surface area contributed by atoms with Crippen LogP contribution in [0.2, 0.25) is 0 Å². The highest BCUT2D eigenvalue weighted by Crippen LogP contribution is 2.50. The Hall–Kier alpha value is -4.12. The number of methoxy groups -OCH3 is 4. The molecule has 0 amide bonds. The van der Waals surface area contributed by atoms with Crippen molar-refractivity contribution in [2.75, 3.05) is 33.3 Å². The van der Waals surface area contributed by atoms with E-state index in [-0.39, 0.29) is 17.2 Å². The van der Waals surface area contributed by atoms with Crippen molar-refractivity contribution in [2.24, 2.45) is 5.73 Å². The van der Waals surface area contributed by atoms with Gasteiger partial charge in [-0.25, -0.2) is 0 Å². The molecule has 0 saturated carbocycles. The summed E-state index contributed by atoms with van der Waals surface area (Å²) in [6.45, 7) is 0. The summed E-state index contributed by atoms with van der Waals surface area (Å²) in [5, 5.41) is 10.2. The molecule has 1 aliphatic carbocycles. The second-order valence-electron chi connectivity index (χ2n) is 7.94. The molecule has 0 bridgehead atoms. The predicted octanol–water partition coefficient (Wildman–Crippen LogP) is 4.03. The van der Waals surface area contributed by atoms with Crippen molar-refractivity contribution < 1.29 is 23.7 Å². The van der Waals surface area contributed by atoms with Crippen LogP contribution in [0.1, 0.15) is 30.7 Å². The third kappa shape index (κ3) is 3.59. The van der Waals surface area contributed by atoms with Crippen molar-refractivity contribution in [1.82, 2.24) is 0 Å². The number of nitrogens with two attached hydrogens (primary N) is 1. The zero-order chi connectivity index (χ0) is 24.4. The summed E-state index contributed by atoms with van der Waals surface area (Å²) in [4.78, 5) is 15.1. The lowest BCUT2D eigenvalue weighted by Crippen LogP contribution is -2.38. The first-order valence-corrected chi connectivity index (χ1v) is 10.9. The molecule has 8 nitrogen and oxygen atoms in total. The number of Topliss-reactive ketones (excluding diaryl/α,β-unsaturated/α-hetero) is 1. The summed E-state index contributed by atoms with van der Waals surface area (Å²) in [5.41, 5.74) is 9.63. The minimum absolute atomic E-state index is 0.00477. The molecule has 2 N–H and O–H groups in total. The zero-order valence-electron chi connectivity index (χ0n) is 19.7. The van der Waals surface area contributed by atoms with Gasteiger partial charge in [-0.2, -0.15) is 5.26 Å². The maximum absolute atomic E-state index is 13.3. The Morgan fingerprint density at radius 2 is 1.62 bits per heavy atom. The van der Waals surface area contributed by atoms with Gasteiger partial charge in [0.1, 0.15) is 11.6 Å². The van der Waals surface area contributed by atoms with Crippen LogP contribution in [0.15, 0.2) is 59.1 Å². The number of carbonyl (C=O) groups is 1. The Bertz CT molecular complexity index is 1220. The van der Waals surface area contributed by atoms with Crippen LogP contribution in [0.5, 0.6) is 23.0 Å². The number of anilines is 1. The Balaban J connectivity index is 2.00. The van der Waals surface area contributed by atoms with E-state index >= 15 is 0 Å². The Labute approximate surface area is 198 Å². The first-order chi connectivity index (χ1) is 16.5. The molecule has 1 heterocycles. The van der Waals surface area contributed by atoms with E-state index in [4.69, 9.17) is 24.7 Å². The molecule has 4 rings (SSSR count). The van der Waals surface area contributed by atoms with Gasteiger partial charge in [-0.15, -0.1) is 0 Å². The fourth-order valence-electron chi connectivity index (χ4n) is 4.79. The number of allylic oxidation sites excluding steroid dienone is 3. The van der Waals surface area contributed by atoms with Crippen LogP contribution in [-0.4, -0.2) is 34.2 Å². The zero-order valence-corrected chi connectivity index (χ0v) is 19.7. The second-order valence-corrected chi connectivity index (χ2v) is 7.94. The van der Waals surface area contributed by atoms with Gasteiger partial charge in [-0.3, -0.25) is 9.69 Å². The van der Waals surface area contributed by atoms with E-state index in [9.17, 15) is 10.1 Å². The van der Waals surface area contributed by atoms with Gasteiger partial charge < -0.3 is 24.7 Å². The number of carbonyl (C=O) groups excluding carboxylic acids is 1. The van der Waals surface area contributed by atoms with Gasteiger partial charge in [0.15, 0.2) is 17.3 Å². The van der Waals surface area contributed by atoms with Crippen molar-refractivity contribution in [3.8, 4) is 29.1 Å². The molecule has 2 aromatic rings. The standard InChI is InChI=1S/C26H27N3O5/c1-31-20-11-6-5-8-16(20)23-17(14-27)26(28)29(18-9-7-10-19(30)24(18)23)15-12-21(32-2)25(34-4)22(13-15)33-3/h5-6,8,11-13,23H,7,9-10,28H2,1-4H3. The van der Waals surface area contributed by atoms with Crippen molar-refractivity contribution >= 4 is 11.5 Å². The van der Waals surface area contributed by atoms with E-state index < -0.39 is 5.92 Å². The quantitative estimate of drug-likeness (QED) is 0.687. The maximum Gasteiger partial charge on any atom is 0.203 e. The highest BCUT2D eigenvalue weighted by molar-refractivity contribution is 6.01. The number of hydrogen-bond acceptors (Lipinski definition) is 8. The average molecular weight is 462 g/mol. The molecule has 0 saturated heterocycles. The topological polar surface area (TPSA) is 107 Å².